The van der Waals surface area contributed by atoms with Crippen LogP contribution >= 0.6 is 35.3 Å². The number of hydrogen-bond donors (Lipinski definition) is 2. The average molecular weight is 828 g/mol. The summed E-state index contributed by atoms with van der Waals surface area (Å²) < 4.78 is 2.27. The summed E-state index contributed by atoms with van der Waals surface area (Å²) in [6.45, 7) is 2.33. The summed E-state index contributed by atoms with van der Waals surface area (Å²) in [7, 11) is 0. The van der Waals surface area contributed by atoms with Crippen LogP contribution in [0.15, 0.2) is 108 Å². The van der Waals surface area contributed by atoms with Crippen molar-refractivity contribution in [2.45, 2.75) is 88.6 Å². The predicted molar refractivity (Wildman–Crippen MR) is 241 cm³/mol. The molecule has 10 heteroatoms. The molecule has 3 unspecified atom stereocenters. The number of thiazole rings is 1. The zero-order valence-electron chi connectivity index (χ0n) is 32.8. The Morgan fingerprint density at radius 1 is 0.862 bits per heavy atom. The van der Waals surface area contributed by atoms with Crippen LogP contribution in [0.2, 0.25) is 0 Å². The van der Waals surface area contributed by atoms with Crippen molar-refractivity contribution < 1.29 is 19.8 Å². The second-order valence-electron chi connectivity index (χ2n) is 15.5. The number of hydrogen-bond acceptors (Lipinski definition) is 7. The summed E-state index contributed by atoms with van der Waals surface area (Å²) >= 11 is 8.22. The summed E-state index contributed by atoms with van der Waals surface area (Å²) in [5.74, 6) is -1.03. The monoisotopic (exact) mass is 827 g/mol. The number of carboxylic acids is 1. The zero-order chi connectivity index (χ0) is 40.2. The third-order valence-corrected chi connectivity index (χ3v) is 14.5. The number of aliphatic carboxylic acids is 1. The van der Waals surface area contributed by atoms with E-state index in [0.29, 0.717) is 32.2 Å². The quantitative estimate of drug-likeness (QED) is 0.0470. The van der Waals surface area contributed by atoms with Gasteiger partial charge in [0.25, 0.3) is 5.91 Å². The highest BCUT2D eigenvalue weighted by atomic mass is 32.2. The predicted octanol–water partition coefficient (Wildman–Crippen LogP) is 12.4. The number of anilines is 2. The Morgan fingerprint density at radius 3 is 2.22 bits per heavy atom. The van der Waals surface area contributed by atoms with Gasteiger partial charge in [-0.1, -0.05) is 136 Å². The minimum Gasteiger partial charge on any atom is -0.494 e. The first-order valence-corrected chi connectivity index (χ1v) is 22.6. The molecule has 8 rings (SSSR count). The van der Waals surface area contributed by atoms with E-state index in [1.807, 2.05) is 18.2 Å². The van der Waals surface area contributed by atoms with Gasteiger partial charge in [0, 0.05) is 29.9 Å². The number of amides is 1. The number of unbranched alkanes of at least 4 members (excludes halogenated alkanes) is 5. The van der Waals surface area contributed by atoms with Crippen molar-refractivity contribution in [1.82, 2.24) is 9.47 Å². The van der Waals surface area contributed by atoms with Crippen LogP contribution in [0.5, 0.6) is 5.88 Å². The molecule has 58 heavy (non-hydrogen) atoms. The number of carboxylic acid groups (broad SMARTS) is 1. The van der Waals surface area contributed by atoms with Gasteiger partial charge in [-0.3, -0.25) is 14.2 Å². The Kier molecular flexibility index (Phi) is 12.3. The molecule has 5 aromatic rings. The van der Waals surface area contributed by atoms with Gasteiger partial charge in [-0.2, -0.15) is 0 Å². The molecule has 2 aliphatic heterocycles. The van der Waals surface area contributed by atoms with Gasteiger partial charge in [-0.05, 0) is 101 Å². The lowest BCUT2D eigenvalue weighted by Gasteiger charge is -2.27. The molecule has 2 fully saturated rings. The Bertz CT molecular complexity index is 2340. The molecule has 7 nitrogen and oxygen atoms in total. The van der Waals surface area contributed by atoms with Crippen LogP contribution < -0.4 is 4.90 Å². The third kappa shape index (κ3) is 8.33. The first kappa shape index (κ1) is 39.9. The van der Waals surface area contributed by atoms with Crippen LogP contribution in [0.4, 0.5) is 11.4 Å². The highest BCUT2D eigenvalue weighted by molar-refractivity contribution is 8.05. The molecule has 0 spiro atoms. The maximum atomic E-state index is 13.9. The number of carbonyl (C=O) groups is 2. The largest absolute Gasteiger partial charge is 0.494 e. The summed E-state index contributed by atoms with van der Waals surface area (Å²) in [6, 6.07) is 36.7. The minimum absolute atomic E-state index is 0.0345. The summed E-state index contributed by atoms with van der Waals surface area (Å²) in [4.78, 5) is 30.7. The lowest BCUT2D eigenvalue weighted by atomic mass is 9.95. The third-order valence-electron chi connectivity index (χ3n) is 11.6. The van der Waals surface area contributed by atoms with E-state index in [2.05, 4.69) is 109 Å². The standard InChI is InChI=1S/C48H49N3O4S3/c1-2-3-4-5-6-13-27-49-46(55)44(58-48(49)56)47-50(31-43(52)53)45(54)42(57-47)30-33-23-26-41-39(29-33)37-19-14-20-40(37)51(41)36-24-21-32(22-25-36)28-38(34-15-9-7-10-16-34)35-17-11-8-12-18-35/h7-12,15-18,21-26,28-30,37,40,47,55H,2-6,13-14,19-20,27,31H2,1H3,(H,52,53). The number of aromatic hydroxyl groups is 1. The molecule has 1 aliphatic carbocycles. The molecule has 3 heterocycles. The van der Waals surface area contributed by atoms with Gasteiger partial charge in [-0.25, -0.2) is 0 Å². The molecule has 1 saturated heterocycles. The number of benzene rings is 4. The van der Waals surface area contributed by atoms with Gasteiger partial charge < -0.3 is 20.0 Å². The molecule has 1 amide bonds. The van der Waals surface area contributed by atoms with E-state index >= 15 is 0 Å². The maximum Gasteiger partial charge on any atom is 0.323 e. The zero-order valence-corrected chi connectivity index (χ0v) is 35.2. The second kappa shape index (κ2) is 17.9. The molecular formula is C48H49N3O4S3. The van der Waals surface area contributed by atoms with E-state index in [1.54, 1.807) is 4.57 Å². The van der Waals surface area contributed by atoms with E-state index in [0.717, 1.165) is 49.7 Å². The number of carbonyl (C=O) groups excluding carboxylic acids is 1. The van der Waals surface area contributed by atoms with Crippen molar-refractivity contribution in [3.8, 4) is 5.88 Å². The normalized spacial score (nSPS) is 19.2. The molecule has 298 valence electrons. The van der Waals surface area contributed by atoms with E-state index in [1.165, 1.54) is 80.9 Å². The summed E-state index contributed by atoms with van der Waals surface area (Å²) in [5.41, 5.74) is 9.22. The smallest absolute Gasteiger partial charge is 0.323 e. The van der Waals surface area contributed by atoms with E-state index in [4.69, 9.17) is 12.2 Å². The molecule has 3 atom stereocenters. The van der Waals surface area contributed by atoms with Crippen molar-refractivity contribution in [2.75, 3.05) is 11.4 Å². The fourth-order valence-corrected chi connectivity index (χ4v) is 11.6. The van der Waals surface area contributed by atoms with Crippen molar-refractivity contribution >= 4 is 76.3 Å². The number of thioether (sulfide) groups is 1. The lowest BCUT2D eigenvalue weighted by molar-refractivity contribution is -0.142. The fourth-order valence-electron chi connectivity index (χ4n) is 8.81. The van der Waals surface area contributed by atoms with Crippen LogP contribution in [0.1, 0.15) is 109 Å². The maximum absolute atomic E-state index is 13.9. The second-order valence-corrected chi connectivity index (χ2v) is 18.3. The van der Waals surface area contributed by atoms with Crippen LogP contribution in [-0.4, -0.2) is 44.1 Å². The molecule has 0 radical (unpaired) electrons. The van der Waals surface area contributed by atoms with Crippen molar-refractivity contribution in [2.24, 2.45) is 0 Å². The molecule has 1 saturated carbocycles. The number of aromatic nitrogens is 1. The van der Waals surface area contributed by atoms with E-state index < -0.39 is 17.9 Å². The first-order valence-electron chi connectivity index (χ1n) is 20.5. The van der Waals surface area contributed by atoms with Crippen molar-refractivity contribution in [3.05, 3.63) is 145 Å². The van der Waals surface area contributed by atoms with Gasteiger partial charge in [0.15, 0.2) is 3.95 Å². The highest BCUT2D eigenvalue weighted by Crippen LogP contribution is 2.54. The van der Waals surface area contributed by atoms with Crippen LogP contribution in [0, 0.1) is 3.95 Å². The SMILES string of the molecule is CCCCCCCCn1c(O)c(C2SC(=Cc3ccc4c(c3)C3CCCC3N4c3ccc(C=C(c4ccccc4)c4ccccc4)cc3)C(=O)N2CC(=O)O)sc1=S. The van der Waals surface area contributed by atoms with Crippen molar-refractivity contribution in [1.29, 1.82) is 0 Å². The number of rotatable bonds is 15. The average Bonchev–Trinajstić information content (AvgIpc) is 3.98. The Hall–Kier alpha value is -4.90. The Balaban J connectivity index is 1.04. The summed E-state index contributed by atoms with van der Waals surface area (Å²) in [6.07, 6.45) is 14.2. The summed E-state index contributed by atoms with van der Waals surface area (Å²) in [5, 5.41) is 20.5. The van der Waals surface area contributed by atoms with Crippen LogP contribution in [0.25, 0.3) is 17.7 Å². The van der Waals surface area contributed by atoms with Gasteiger partial charge in [0.1, 0.15) is 16.8 Å². The van der Waals surface area contributed by atoms with Crippen LogP contribution in [-0.2, 0) is 16.1 Å². The van der Waals surface area contributed by atoms with Crippen molar-refractivity contribution in [3.63, 3.8) is 0 Å². The molecule has 3 aliphatic rings. The highest BCUT2D eigenvalue weighted by Gasteiger charge is 2.43. The Morgan fingerprint density at radius 2 is 1.53 bits per heavy atom. The molecule has 2 N–H and O–H groups in total. The van der Waals surface area contributed by atoms with E-state index in [9.17, 15) is 19.8 Å². The Labute approximate surface area is 354 Å². The van der Waals surface area contributed by atoms with E-state index in [-0.39, 0.29) is 11.8 Å². The molecule has 4 aromatic carbocycles. The molecule has 1 aromatic heterocycles. The number of nitrogens with zero attached hydrogens (tertiary/aromatic N) is 3. The minimum atomic E-state index is -1.10. The number of fused-ring (bicyclic) bond motifs is 3. The topological polar surface area (TPSA) is 86.0 Å². The fraction of sp³-hybridized carbons (Fsp3) is 0.312. The lowest BCUT2D eigenvalue weighted by Crippen LogP contribution is -2.32. The van der Waals surface area contributed by atoms with Gasteiger partial charge in [-0.15, -0.1) is 11.3 Å². The molecule has 0 bridgehead atoms. The van der Waals surface area contributed by atoms with Crippen LogP contribution in [0.3, 0.4) is 0 Å². The first-order chi connectivity index (χ1) is 28.3. The van der Waals surface area contributed by atoms with Gasteiger partial charge >= 0.3 is 5.97 Å². The van der Waals surface area contributed by atoms with Gasteiger partial charge in [0.2, 0.25) is 5.88 Å². The van der Waals surface area contributed by atoms with Gasteiger partial charge in [0.05, 0.1) is 4.91 Å². The molecular weight excluding hydrogens is 779 g/mol.